The van der Waals surface area contributed by atoms with Crippen molar-refractivity contribution in [2.45, 2.75) is 29.8 Å². The van der Waals surface area contributed by atoms with Crippen LogP contribution in [-0.4, -0.2) is 9.78 Å². The van der Waals surface area contributed by atoms with Crippen molar-refractivity contribution < 1.29 is 4.39 Å². The van der Waals surface area contributed by atoms with E-state index in [1.807, 2.05) is 33.0 Å². The lowest BCUT2D eigenvalue weighted by atomic mass is 10.1. The van der Waals surface area contributed by atoms with Crippen LogP contribution in [0.15, 0.2) is 34.2 Å². The first-order valence-electron chi connectivity index (χ1n) is 5.71. The van der Waals surface area contributed by atoms with E-state index in [2.05, 4.69) is 5.10 Å². The number of rotatable bonds is 3. The highest BCUT2D eigenvalue weighted by molar-refractivity contribution is 7.99. The Morgan fingerprint density at radius 1 is 1.44 bits per heavy atom. The van der Waals surface area contributed by atoms with E-state index in [0.29, 0.717) is 4.90 Å². The summed E-state index contributed by atoms with van der Waals surface area (Å²) in [6, 6.07) is 6.74. The maximum atomic E-state index is 13.9. The molecule has 2 N–H and O–H groups in total. The first-order valence-corrected chi connectivity index (χ1v) is 6.53. The van der Waals surface area contributed by atoms with Gasteiger partial charge in [-0.25, -0.2) is 4.39 Å². The Morgan fingerprint density at radius 2 is 2.17 bits per heavy atom. The van der Waals surface area contributed by atoms with Gasteiger partial charge in [0.2, 0.25) is 0 Å². The lowest BCUT2D eigenvalue weighted by Crippen LogP contribution is -2.07. The van der Waals surface area contributed by atoms with Gasteiger partial charge in [0.05, 0.1) is 15.6 Å². The topological polar surface area (TPSA) is 43.8 Å². The molecule has 1 atom stereocenters. The Balaban J connectivity index is 2.42. The predicted molar refractivity (Wildman–Crippen MR) is 71.1 cm³/mol. The zero-order valence-corrected chi connectivity index (χ0v) is 11.5. The Bertz CT molecular complexity index is 563. The maximum Gasteiger partial charge on any atom is 0.137 e. The highest BCUT2D eigenvalue weighted by Gasteiger charge is 2.15. The van der Waals surface area contributed by atoms with Gasteiger partial charge in [0, 0.05) is 13.1 Å². The smallest absolute Gasteiger partial charge is 0.137 e. The quantitative estimate of drug-likeness (QED) is 0.927. The summed E-state index contributed by atoms with van der Waals surface area (Å²) in [5, 5.41) is 5.16. The van der Waals surface area contributed by atoms with Gasteiger partial charge in [-0.2, -0.15) is 5.10 Å². The van der Waals surface area contributed by atoms with E-state index < -0.39 is 0 Å². The lowest BCUT2D eigenvalue weighted by molar-refractivity contribution is 0.590. The monoisotopic (exact) mass is 265 g/mol. The van der Waals surface area contributed by atoms with Gasteiger partial charge in [0.25, 0.3) is 0 Å². The third-order valence-electron chi connectivity index (χ3n) is 2.65. The summed E-state index contributed by atoms with van der Waals surface area (Å²) in [6.45, 7) is 3.77. The van der Waals surface area contributed by atoms with Gasteiger partial charge in [-0.05, 0) is 31.5 Å². The van der Waals surface area contributed by atoms with Crippen LogP contribution in [0, 0.1) is 12.7 Å². The Hall–Kier alpha value is -1.33. The number of aromatic nitrogens is 2. The molecule has 1 heterocycles. The standard InChI is InChI=1S/C13H16FN3S/c1-8-7-12(17(3)16-8)18-13-10(9(2)15)5-4-6-11(13)14/h4-7,9H,15H2,1-3H3. The van der Waals surface area contributed by atoms with Crippen LogP contribution in [0.5, 0.6) is 0 Å². The van der Waals surface area contributed by atoms with Crippen molar-refractivity contribution in [1.29, 1.82) is 0 Å². The molecule has 0 radical (unpaired) electrons. The van der Waals surface area contributed by atoms with E-state index in [0.717, 1.165) is 16.3 Å². The molecule has 0 aliphatic carbocycles. The van der Waals surface area contributed by atoms with Gasteiger partial charge in [0.15, 0.2) is 0 Å². The summed E-state index contributed by atoms with van der Waals surface area (Å²) in [5.41, 5.74) is 7.61. The van der Waals surface area contributed by atoms with Gasteiger partial charge in [-0.3, -0.25) is 4.68 Å². The minimum Gasteiger partial charge on any atom is -0.324 e. The normalized spacial score (nSPS) is 12.7. The number of hydrogen-bond donors (Lipinski definition) is 1. The second kappa shape index (κ2) is 5.12. The van der Waals surface area contributed by atoms with Crippen LogP contribution >= 0.6 is 11.8 Å². The number of nitrogens with two attached hydrogens (primary N) is 1. The van der Waals surface area contributed by atoms with E-state index in [9.17, 15) is 4.39 Å². The van der Waals surface area contributed by atoms with E-state index in [4.69, 9.17) is 5.73 Å². The van der Waals surface area contributed by atoms with Gasteiger partial charge in [-0.1, -0.05) is 23.9 Å². The summed E-state index contributed by atoms with van der Waals surface area (Å²) in [4.78, 5) is 0.579. The van der Waals surface area contributed by atoms with Crippen molar-refractivity contribution in [3.8, 4) is 0 Å². The van der Waals surface area contributed by atoms with E-state index in [1.165, 1.54) is 17.8 Å². The number of aryl methyl sites for hydroxylation is 2. The average molecular weight is 265 g/mol. The molecule has 1 aromatic carbocycles. The summed E-state index contributed by atoms with van der Waals surface area (Å²) < 4.78 is 15.7. The van der Waals surface area contributed by atoms with E-state index in [-0.39, 0.29) is 11.9 Å². The first kappa shape index (κ1) is 13.1. The fourth-order valence-corrected chi connectivity index (χ4v) is 2.93. The minimum atomic E-state index is -0.242. The number of hydrogen-bond acceptors (Lipinski definition) is 3. The van der Waals surface area contributed by atoms with Crippen LogP contribution in [-0.2, 0) is 7.05 Å². The van der Waals surface area contributed by atoms with Crippen LogP contribution < -0.4 is 5.73 Å². The molecular formula is C13H16FN3S. The van der Waals surface area contributed by atoms with Crippen molar-refractivity contribution in [3.05, 3.63) is 41.3 Å². The fraction of sp³-hybridized carbons (Fsp3) is 0.308. The number of benzene rings is 1. The third kappa shape index (κ3) is 2.57. The van der Waals surface area contributed by atoms with Crippen LogP contribution in [0.2, 0.25) is 0 Å². The Kier molecular flexibility index (Phi) is 3.73. The zero-order chi connectivity index (χ0) is 13.3. The van der Waals surface area contributed by atoms with Crippen LogP contribution in [0.3, 0.4) is 0 Å². The SMILES string of the molecule is Cc1cc(Sc2c(F)cccc2C(C)N)n(C)n1. The van der Waals surface area contributed by atoms with E-state index >= 15 is 0 Å². The molecule has 3 nitrogen and oxygen atoms in total. The molecular weight excluding hydrogens is 249 g/mol. The molecule has 1 aromatic heterocycles. The molecule has 0 aliphatic rings. The van der Waals surface area contributed by atoms with Crippen LogP contribution in [0.1, 0.15) is 24.2 Å². The first-order chi connectivity index (χ1) is 8.49. The summed E-state index contributed by atoms with van der Waals surface area (Å²) in [6.07, 6.45) is 0. The van der Waals surface area contributed by atoms with Gasteiger partial charge in [-0.15, -0.1) is 0 Å². The molecule has 5 heteroatoms. The van der Waals surface area contributed by atoms with Crippen molar-refractivity contribution in [2.24, 2.45) is 12.8 Å². The fourth-order valence-electron chi connectivity index (χ4n) is 1.78. The van der Waals surface area contributed by atoms with Gasteiger partial charge < -0.3 is 5.73 Å². The number of nitrogens with zero attached hydrogens (tertiary/aromatic N) is 2. The molecule has 0 aliphatic heterocycles. The van der Waals surface area contributed by atoms with Crippen molar-refractivity contribution in [2.75, 3.05) is 0 Å². The second-order valence-corrected chi connectivity index (χ2v) is 5.33. The number of halogens is 1. The molecule has 18 heavy (non-hydrogen) atoms. The molecule has 1 unspecified atom stereocenters. The molecule has 0 bridgehead atoms. The maximum absolute atomic E-state index is 13.9. The highest BCUT2D eigenvalue weighted by atomic mass is 32.2. The predicted octanol–water partition coefficient (Wildman–Crippen LogP) is 3.04. The van der Waals surface area contributed by atoms with Crippen molar-refractivity contribution in [3.63, 3.8) is 0 Å². The largest absolute Gasteiger partial charge is 0.324 e. The van der Waals surface area contributed by atoms with Crippen molar-refractivity contribution >= 4 is 11.8 Å². The summed E-state index contributed by atoms with van der Waals surface area (Å²) in [5.74, 6) is -0.242. The Morgan fingerprint density at radius 3 is 2.72 bits per heavy atom. The molecule has 0 saturated carbocycles. The molecule has 0 saturated heterocycles. The van der Waals surface area contributed by atoms with Gasteiger partial charge in [0.1, 0.15) is 5.82 Å². The molecule has 2 rings (SSSR count). The van der Waals surface area contributed by atoms with E-state index in [1.54, 1.807) is 10.7 Å². The van der Waals surface area contributed by atoms with Gasteiger partial charge >= 0.3 is 0 Å². The molecule has 0 amide bonds. The summed E-state index contributed by atoms with van der Waals surface area (Å²) >= 11 is 1.36. The lowest BCUT2D eigenvalue weighted by Gasteiger charge is -2.12. The second-order valence-electron chi connectivity index (χ2n) is 4.30. The third-order valence-corrected chi connectivity index (χ3v) is 3.88. The molecule has 0 spiro atoms. The molecule has 96 valence electrons. The minimum absolute atomic E-state index is 0.197. The van der Waals surface area contributed by atoms with Crippen LogP contribution in [0.4, 0.5) is 4.39 Å². The molecule has 2 aromatic rings. The summed E-state index contributed by atoms with van der Waals surface area (Å²) in [7, 11) is 1.85. The van der Waals surface area contributed by atoms with Crippen molar-refractivity contribution in [1.82, 2.24) is 9.78 Å². The zero-order valence-electron chi connectivity index (χ0n) is 10.6. The molecule has 0 fully saturated rings. The highest BCUT2D eigenvalue weighted by Crippen LogP contribution is 2.34. The average Bonchev–Trinajstić information content (AvgIpc) is 2.60. The van der Waals surface area contributed by atoms with Crippen LogP contribution in [0.25, 0.3) is 0 Å². The Labute approximate surface area is 110 Å².